The summed E-state index contributed by atoms with van der Waals surface area (Å²) in [7, 11) is 0. The maximum absolute atomic E-state index is 9.14. The number of benzene rings is 1. The molecule has 80 valence electrons. The van der Waals surface area contributed by atoms with Gasteiger partial charge in [0, 0.05) is 19.5 Å². The topological polar surface area (TPSA) is 44.6 Å². The molecule has 0 fully saturated rings. The third-order valence-corrected chi connectivity index (χ3v) is 2.55. The van der Waals surface area contributed by atoms with Crippen LogP contribution in [0.1, 0.15) is 18.4 Å². The van der Waals surface area contributed by atoms with E-state index in [-0.39, 0.29) is 0 Å². The van der Waals surface area contributed by atoms with Gasteiger partial charge in [0.05, 0.1) is 5.84 Å². The van der Waals surface area contributed by atoms with Gasteiger partial charge in [-0.05, 0) is 30.5 Å². The Morgan fingerprint density at radius 1 is 1.20 bits per heavy atom. The summed E-state index contributed by atoms with van der Waals surface area (Å²) in [4.78, 5) is 4.42. The van der Waals surface area contributed by atoms with Crippen molar-refractivity contribution >= 4 is 5.84 Å². The minimum Gasteiger partial charge on any atom is -0.508 e. The van der Waals surface area contributed by atoms with Gasteiger partial charge in [-0.25, -0.2) is 0 Å². The molecule has 0 aromatic heterocycles. The maximum atomic E-state index is 9.14. The van der Waals surface area contributed by atoms with Crippen molar-refractivity contribution in [3.63, 3.8) is 0 Å². The average Bonchev–Trinajstić information content (AvgIpc) is 2.30. The Morgan fingerprint density at radius 2 is 2.00 bits per heavy atom. The lowest BCUT2D eigenvalue weighted by Gasteiger charge is -2.14. The van der Waals surface area contributed by atoms with Gasteiger partial charge < -0.3 is 10.4 Å². The van der Waals surface area contributed by atoms with Crippen molar-refractivity contribution in [2.24, 2.45) is 4.99 Å². The molecule has 0 atom stereocenters. The van der Waals surface area contributed by atoms with Crippen LogP contribution in [-0.4, -0.2) is 24.0 Å². The maximum Gasteiger partial charge on any atom is 0.115 e. The lowest BCUT2D eigenvalue weighted by atomic mass is 10.1. The number of aryl methyl sites for hydroxylation is 1. The van der Waals surface area contributed by atoms with Crippen molar-refractivity contribution in [3.05, 3.63) is 29.8 Å². The number of phenolic OH excluding ortho intramolecular Hbond substituents is 1. The van der Waals surface area contributed by atoms with E-state index in [4.69, 9.17) is 5.11 Å². The van der Waals surface area contributed by atoms with Crippen LogP contribution in [0.25, 0.3) is 0 Å². The van der Waals surface area contributed by atoms with Crippen LogP contribution < -0.4 is 5.32 Å². The number of hydrogen-bond acceptors (Lipinski definition) is 3. The molecule has 3 nitrogen and oxygen atoms in total. The lowest BCUT2D eigenvalue weighted by Crippen LogP contribution is -2.29. The molecular formula is C12H16N2O. The van der Waals surface area contributed by atoms with Gasteiger partial charge in [-0.1, -0.05) is 12.1 Å². The van der Waals surface area contributed by atoms with E-state index in [2.05, 4.69) is 10.3 Å². The molecule has 1 aliphatic heterocycles. The molecule has 0 amide bonds. The summed E-state index contributed by atoms with van der Waals surface area (Å²) in [6.45, 7) is 2.01. The molecule has 3 heteroatoms. The number of phenols is 1. The van der Waals surface area contributed by atoms with E-state index in [0.29, 0.717) is 5.75 Å². The normalized spacial score (nSPS) is 15.6. The third-order valence-electron chi connectivity index (χ3n) is 2.55. The molecule has 0 radical (unpaired) electrons. The van der Waals surface area contributed by atoms with E-state index in [1.165, 1.54) is 5.56 Å². The van der Waals surface area contributed by atoms with Crippen molar-refractivity contribution in [3.8, 4) is 5.75 Å². The predicted octanol–water partition coefficient (Wildman–Crippen LogP) is 1.72. The summed E-state index contributed by atoms with van der Waals surface area (Å²) >= 11 is 0. The number of rotatable bonds is 3. The van der Waals surface area contributed by atoms with Gasteiger partial charge in [0.2, 0.25) is 0 Å². The van der Waals surface area contributed by atoms with E-state index in [1.807, 2.05) is 12.1 Å². The Balaban J connectivity index is 1.87. The largest absolute Gasteiger partial charge is 0.508 e. The highest BCUT2D eigenvalue weighted by atomic mass is 16.3. The van der Waals surface area contributed by atoms with Gasteiger partial charge in [0.25, 0.3) is 0 Å². The number of aliphatic imine (C=N–C) groups is 1. The number of nitrogens with zero attached hydrogens (tertiary/aromatic N) is 1. The first-order valence-electron chi connectivity index (χ1n) is 5.40. The number of hydrogen-bond donors (Lipinski definition) is 2. The minimum atomic E-state index is 0.326. The van der Waals surface area contributed by atoms with Crippen molar-refractivity contribution in [2.75, 3.05) is 13.1 Å². The minimum absolute atomic E-state index is 0.326. The van der Waals surface area contributed by atoms with Gasteiger partial charge in [-0.15, -0.1) is 0 Å². The fraction of sp³-hybridized carbons (Fsp3) is 0.417. The summed E-state index contributed by atoms with van der Waals surface area (Å²) in [5.74, 6) is 1.45. The van der Waals surface area contributed by atoms with Gasteiger partial charge in [-0.3, -0.25) is 4.99 Å². The van der Waals surface area contributed by atoms with Crippen molar-refractivity contribution in [1.82, 2.24) is 5.32 Å². The molecule has 0 bridgehead atoms. The Labute approximate surface area is 89.9 Å². The van der Waals surface area contributed by atoms with Crippen LogP contribution in [-0.2, 0) is 6.42 Å². The van der Waals surface area contributed by atoms with Crippen LogP contribution in [0.5, 0.6) is 5.75 Å². The number of aromatic hydroxyl groups is 1. The van der Waals surface area contributed by atoms with Gasteiger partial charge in [0.1, 0.15) is 5.75 Å². The predicted molar refractivity (Wildman–Crippen MR) is 61.3 cm³/mol. The van der Waals surface area contributed by atoms with Crippen LogP contribution in [0.3, 0.4) is 0 Å². The highest BCUT2D eigenvalue weighted by molar-refractivity contribution is 5.82. The fourth-order valence-electron chi connectivity index (χ4n) is 1.67. The summed E-state index contributed by atoms with van der Waals surface area (Å²) < 4.78 is 0. The SMILES string of the molecule is Oc1ccc(CCC2=NCCCN2)cc1. The molecule has 0 spiro atoms. The van der Waals surface area contributed by atoms with Gasteiger partial charge in [-0.2, -0.15) is 0 Å². The Bertz CT molecular complexity index is 343. The summed E-state index contributed by atoms with van der Waals surface area (Å²) in [5.41, 5.74) is 1.24. The lowest BCUT2D eigenvalue weighted by molar-refractivity contribution is 0.475. The Morgan fingerprint density at radius 3 is 2.67 bits per heavy atom. The average molecular weight is 204 g/mol. The first kappa shape index (κ1) is 10.0. The molecule has 15 heavy (non-hydrogen) atoms. The second-order valence-corrected chi connectivity index (χ2v) is 3.78. The van der Waals surface area contributed by atoms with E-state index in [9.17, 15) is 0 Å². The van der Waals surface area contributed by atoms with E-state index in [0.717, 1.165) is 38.2 Å². The molecule has 0 aliphatic carbocycles. The van der Waals surface area contributed by atoms with Gasteiger partial charge >= 0.3 is 0 Å². The number of amidine groups is 1. The zero-order valence-electron chi connectivity index (χ0n) is 8.74. The smallest absolute Gasteiger partial charge is 0.115 e. The Hall–Kier alpha value is -1.51. The van der Waals surface area contributed by atoms with E-state index >= 15 is 0 Å². The summed E-state index contributed by atoms with van der Waals surface area (Å²) in [6, 6.07) is 7.37. The van der Waals surface area contributed by atoms with Crippen LogP contribution in [0.2, 0.25) is 0 Å². The van der Waals surface area contributed by atoms with Crippen LogP contribution in [0, 0.1) is 0 Å². The second kappa shape index (κ2) is 4.82. The highest BCUT2D eigenvalue weighted by Crippen LogP contribution is 2.11. The molecule has 1 aromatic rings. The van der Waals surface area contributed by atoms with Crippen LogP contribution in [0.4, 0.5) is 0 Å². The molecule has 0 saturated heterocycles. The first-order chi connectivity index (χ1) is 7.34. The number of nitrogens with one attached hydrogen (secondary N) is 1. The van der Waals surface area contributed by atoms with E-state index < -0.39 is 0 Å². The van der Waals surface area contributed by atoms with Gasteiger partial charge in [0.15, 0.2) is 0 Å². The monoisotopic (exact) mass is 204 g/mol. The van der Waals surface area contributed by atoms with Crippen molar-refractivity contribution in [2.45, 2.75) is 19.3 Å². The summed E-state index contributed by atoms with van der Waals surface area (Å²) in [5, 5.41) is 12.4. The molecule has 0 saturated carbocycles. The quantitative estimate of drug-likeness (QED) is 0.787. The zero-order chi connectivity index (χ0) is 10.5. The molecule has 2 N–H and O–H groups in total. The Kier molecular flexibility index (Phi) is 3.22. The fourth-order valence-corrected chi connectivity index (χ4v) is 1.67. The van der Waals surface area contributed by atoms with Crippen LogP contribution in [0.15, 0.2) is 29.3 Å². The second-order valence-electron chi connectivity index (χ2n) is 3.78. The highest BCUT2D eigenvalue weighted by Gasteiger charge is 2.03. The first-order valence-corrected chi connectivity index (χ1v) is 5.40. The summed E-state index contributed by atoms with van der Waals surface area (Å²) in [6.07, 6.45) is 3.08. The molecule has 1 aliphatic rings. The van der Waals surface area contributed by atoms with Crippen LogP contribution >= 0.6 is 0 Å². The third kappa shape index (κ3) is 2.98. The molecule has 2 rings (SSSR count). The zero-order valence-corrected chi connectivity index (χ0v) is 8.74. The molecule has 0 unspecified atom stereocenters. The molecule has 1 aromatic carbocycles. The van der Waals surface area contributed by atoms with E-state index in [1.54, 1.807) is 12.1 Å². The molecule has 1 heterocycles. The van der Waals surface area contributed by atoms with Crippen molar-refractivity contribution < 1.29 is 5.11 Å². The van der Waals surface area contributed by atoms with Crippen molar-refractivity contribution in [1.29, 1.82) is 0 Å². The standard InChI is InChI=1S/C12H16N2O/c15-11-5-2-10(3-6-11)4-7-12-13-8-1-9-14-12/h2-3,5-6,15H,1,4,7-9H2,(H,13,14). The molecular weight excluding hydrogens is 188 g/mol.